The first-order valence-corrected chi connectivity index (χ1v) is 5.71. The maximum atomic E-state index is 10.0. The number of pyridine rings is 1. The van der Waals surface area contributed by atoms with E-state index in [4.69, 9.17) is 5.73 Å². The van der Waals surface area contributed by atoms with Crippen molar-refractivity contribution in [1.29, 1.82) is 0 Å². The normalized spacial score (nSPS) is 26.9. The summed E-state index contributed by atoms with van der Waals surface area (Å²) in [5, 5.41) is 10.0. The van der Waals surface area contributed by atoms with Crippen molar-refractivity contribution in [3.8, 4) is 0 Å². The van der Waals surface area contributed by atoms with Crippen molar-refractivity contribution in [1.82, 2.24) is 9.88 Å². The summed E-state index contributed by atoms with van der Waals surface area (Å²) < 4.78 is 0. The van der Waals surface area contributed by atoms with E-state index in [9.17, 15) is 5.11 Å². The Balaban J connectivity index is 2.02. The topological polar surface area (TPSA) is 62.4 Å². The Hall–Kier alpha value is -1.13. The molecule has 0 spiro atoms. The molecule has 0 aromatic carbocycles. The average Bonchev–Trinajstić information content (AvgIpc) is 2.20. The molecule has 4 heteroatoms. The Morgan fingerprint density at radius 2 is 2.44 bits per heavy atom. The first kappa shape index (κ1) is 11.4. The number of likely N-dealkylation sites (tertiary alicyclic amines) is 1. The monoisotopic (exact) mass is 221 g/mol. The SMILES string of the molecule is CC1(O)CCCN(Cc2cccnc2N)C1. The van der Waals surface area contributed by atoms with Gasteiger partial charge in [0, 0.05) is 24.8 Å². The van der Waals surface area contributed by atoms with Crippen LogP contribution in [0.4, 0.5) is 5.82 Å². The Kier molecular flexibility index (Phi) is 3.12. The lowest BCUT2D eigenvalue weighted by atomic mass is 9.95. The van der Waals surface area contributed by atoms with Gasteiger partial charge < -0.3 is 10.8 Å². The van der Waals surface area contributed by atoms with Gasteiger partial charge in [0.2, 0.25) is 0 Å². The van der Waals surface area contributed by atoms with E-state index in [1.807, 2.05) is 19.1 Å². The fraction of sp³-hybridized carbons (Fsp3) is 0.583. The number of anilines is 1. The zero-order chi connectivity index (χ0) is 11.6. The first-order chi connectivity index (χ1) is 7.57. The molecule has 1 aliphatic heterocycles. The van der Waals surface area contributed by atoms with Gasteiger partial charge in [0.15, 0.2) is 0 Å². The molecule has 2 heterocycles. The van der Waals surface area contributed by atoms with Crippen LogP contribution in [-0.2, 0) is 6.54 Å². The van der Waals surface area contributed by atoms with Crippen molar-refractivity contribution < 1.29 is 5.11 Å². The summed E-state index contributed by atoms with van der Waals surface area (Å²) in [6, 6.07) is 3.89. The zero-order valence-electron chi connectivity index (χ0n) is 9.69. The lowest BCUT2D eigenvalue weighted by Crippen LogP contribution is -2.45. The van der Waals surface area contributed by atoms with Crippen molar-refractivity contribution in [2.45, 2.75) is 31.9 Å². The molecule has 16 heavy (non-hydrogen) atoms. The number of rotatable bonds is 2. The molecule has 4 nitrogen and oxygen atoms in total. The highest BCUT2D eigenvalue weighted by atomic mass is 16.3. The van der Waals surface area contributed by atoms with Crippen LogP contribution in [0.3, 0.4) is 0 Å². The molecule has 0 aliphatic carbocycles. The fourth-order valence-corrected chi connectivity index (χ4v) is 2.28. The van der Waals surface area contributed by atoms with E-state index in [1.54, 1.807) is 6.20 Å². The molecule has 1 atom stereocenters. The molecule has 0 amide bonds. The van der Waals surface area contributed by atoms with Gasteiger partial charge in [0.1, 0.15) is 5.82 Å². The van der Waals surface area contributed by atoms with Gasteiger partial charge >= 0.3 is 0 Å². The van der Waals surface area contributed by atoms with Gasteiger partial charge in [-0.25, -0.2) is 4.98 Å². The zero-order valence-corrected chi connectivity index (χ0v) is 9.69. The fourth-order valence-electron chi connectivity index (χ4n) is 2.28. The van der Waals surface area contributed by atoms with Crippen LogP contribution in [0, 0.1) is 0 Å². The summed E-state index contributed by atoms with van der Waals surface area (Å²) in [4.78, 5) is 6.30. The minimum Gasteiger partial charge on any atom is -0.389 e. The number of nitrogen functional groups attached to an aromatic ring is 1. The van der Waals surface area contributed by atoms with Crippen LogP contribution in [-0.4, -0.2) is 33.7 Å². The molecular weight excluding hydrogens is 202 g/mol. The quantitative estimate of drug-likeness (QED) is 0.782. The predicted octanol–water partition coefficient (Wildman–Crippen LogP) is 1.01. The molecule has 1 unspecified atom stereocenters. The van der Waals surface area contributed by atoms with E-state index in [1.165, 1.54) is 0 Å². The van der Waals surface area contributed by atoms with Gasteiger partial charge in [-0.3, -0.25) is 4.90 Å². The molecule has 2 rings (SSSR count). The average molecular weight is 221 g/mol. The first-order valence-electron chi connectivity index (χ1n) is 5.71. The van der Waals surface area contributed by atoms with Gasteiger partial charge in [0.25, 0.3) is 0 Å². The van der Waals surface area contributed by atoms with Gasteiger partial charge in [-0.2, -0.15) is 0 Å². The molecule has 1 aromatic rings. The number of β-amino-alcohol motifs (C(OH)–C–C–N with tert-alkyl or cyclic N) is 1. The van der Waals surface area contributed by atoms with Crippen LogP contribution in [0.15, 0.2) is 18.3 Å². The Bertz CT molecular complexity index is 365. The number of hydrogen-bond acceptors (Lipinski definition) is 4. The van der Waals surface area contributed by atoms with Gasteiger partial charge in [0.05, 0.1) is 5.60 Å². The molecule has 1 saturated heterocycles. The number of nitrogens with two attached hydrogens (primary N) is 1. The van der Waals surface area contributed by atoms with Crippen LogP contribution in [0.5, 0.6) is 0 Å². The number of nitrogens with zero attached hydrogens (tertiary/aromatic N) is 2. The van der Waals surface area contributed by atoms with E-state index in [2.05, 4.69) is 9.88 Å². The van der Waals surface area contributed by atoms with Crippen molar-refractivity contribution in [2.75, 3.05) is 18.8 Å². The van der Waals surface area contributed by atoms with Crippen LogP contribution in [0.2, 0.25) is 0 Å². The standard InChI is InChI=1S/C12H19N3O/c1-12(16)5-3-7-15(9-12)8-10-4-2-6-14-11(10)13/h2,4,6,16H,3,5,7-9H2,1H3,(H2,13,14). The Labute approximate surface area is 96.1 Å². The minimum absolute atomic E-state index is 0.560. The number of hydrogen-bond donors (Lipinski definition) is 2. The van der Waals surface area contributed by atoms with Crippen molar-refractivity contribution in [3.05, 3.63) is 23.9 Å². The number of piperidine rings is 1. The lowest BCUT2D eigenvalue weighted by molar-refractivity contribution is -0.0181. The van der Waals surface area contributed by atoms with Gasteiger partial charge in [-0.05, 0) is 32.4 Å². The molecule has 0 saturated carbocycles. The third kappa shape index (κ3) is 2.71. The molecule has 1 aromatic heterocycles. The highest BCUT2D eigenvalue weighted by Crippen LogP contribution is 2.22. The second-order valence-corrected chi connectivity index (χ2v) is 4.86. The summed E-state index contributed by atoms with van der Waals surface area (Å²) in [7, 11) is 0. The molecule has 0 bridgehead atoms. The van der Waals surface area contributed by atoms with Gasteiger partial charge in [-0.15, -0.1) is 0 Å². The molecule has 0 radical (unpaired) electrons. The third-order valence-electron chi connectivity index (χ3n) is 3.07. The third-order valence-corrected chi connectivity index (χ3v) is 3.07. The summed E-state index contributed by atoms with van der Waals surface area (Å²) in [6.45, 7) is 4.40. The van der Waals surface area contributed by atoms with Crippen molar-refractivity contribution in [3.63, 3.8) is 0 Å². The van der Waals surface area contributed by atoms with Crippen LogP contribution in [0.1, 0.15) is 25.3 Å². The molecule has 3 N–H and O–H groups in total. The molecule has 1 fully saturated rings. The van der Waals surface area contributed by atoms with E-state index in [-0.39, 0.29) is 0 Å². The predicted molar refractivity (Wildman–Crippen MR) is 63.8 cm³/mol. The maximum Gasteiger partial charge on any atom is 0.127 e. The second-order valence-electron chi connectivity index (χ2n) is 4.86. The smallest absolute Gasteiger partial charge is 0.127 e. The van der Waals surface area contributed by atoms with Crippen LogP contribution >= 0.6 is 0 Å². The maximum absolute atomic E-state index is 10.0. The van der Waals surface area contributed by atoms with E-state index in [0.717, 1.165) is 31.5 Å². The minimum atomic E-state index is -0.560. The van der Waals surface area contributed by atoms with E-state index in [0.29, 0.717) is 12.4 Å². The van der Waals surface area contributed by atoms with E-state index >= 15 is 0 Å². The summed E-state index contributed by atoms with van der Waals surface area (Å²) in [5.41, 5.74) is 6.29. The largest absolute Gasteiger partial charge is 0.389 e. The lowest BCUT2D eigenvalue weighted by Gasteiger charge is -2.36. The number of aliphatic hydroxyl groups is 1. The summed E-state index contributed by atoms with van der Waals surface area (Å²) >= 11 is 0. The highest BCUT2D eigenvalue weighted by Gasteiger charge is 2.28. The van der Waals surface area contributed by atoms with Crippen molar-refractivity contribution in [2.24, 2.45) is 0 Å². The Morgan fingerprint density at radius 1 is 1.62 bits per heavy atom. The van der Waals surface area contributed by atoms with Gasteiger partial charge in [-0.1, -0.05) is 6.07 Å². The van der Waals surface area contributed by atoms with E-state index < -0.39 is 5.60 Å². The molecular formula is C12H19N3O. The molecule has 1 aliphatic rings. The van der Waals surface area contributed by atoms with Crippen LogP contribution < -0.4 is 5.73 Å². The Morgan fingerprint density at radius 3 is 3.12 bits per heavy atom. The van der Waals surface area contributed by atoms with Crippen molar-refractivity contribution >= 4 is 5.82 Å². The molecule has 88 valence electrons. The number of aromatic nitrogens is 1. The van der Waals surface area contributed by atoms with Crippen LogP contribution in [0.25, 0.3) is 0 Å². The highest BCUT2D eigenvalue weighted by molar-refractivity contribution is 5.38. The summed E-state index contributed by atoms with van der Waals surface area (Å²) in [6.07, 6.45) is 3.62. The second kappa shape index (κ2) is 4.39. The summed E-state index contributed by atoms with van der Waals surface area (Å²) in [5.74, 6) is 0.590.